The van der Waals surface area contributed by atoms with Crippen LogP contribution in [-0.4, -0.2) is 35.1 Å². The molecule has 1 N–H and O–H groups in total. The molecule has 1 atom stereocenters. The summed E-state index contributed by atoms with van der Waals surface area (Å²) >= 11 is 7.65. The van der Waals surface area contributed by atoms with Gasteiger partial charge in [-0.05, 0) is 47.7 Å². The maximum absolute atomic E-state index is 13.6. The number of rotatable bonds is 12. The number of thioether (sulfide) groups is 1. The molecule has 3 rings (SSSR count). The standard InChI is InChI=1S/C29H33ClN2O2S/c1-3-16-31-29(34)27(18-23-11-5-4-6-12-23)32(19-25-14-8-7-10-22(25)2)28(33)21-35-20-24-13-9-15-26(30)17-24/h4-15,17,27H,3,16,18-21H2,1-2H3,(H,31,34)/t27-/m1/s1. The molecule has 4 nitrogen and oxygen atoms in total. The summed E-state index contributed by atoms with van der Waals surface area (Å²) in [6.07, 6.45) is 1.30. The first-order chi connectivity index (χ1) is 17.0. The molecular formula is C29H33ClN2O2S. The molecule has 0 saturated carbocycles. The van der Waals surface area contributed by atoms with Crippen LogP contribution >= 0.6 is 23.4 Å². The number of amides is 2. The molecule has 0 saturated heterocycles. The summed E-state index contributed by atoms with van der Waals surface area (Å²) in [5.74, 6) is 0.797. The molecule has 184 valence electrons. The molecule has 0 unspecified atom stereocenters. The van der Waals surface area contributed by atoms with E-state index in [1.54, 1.807) is 4.90 Å². The molecular weight excluding hydrogens is 476 g/mol. The third-order valence-corrected chi connectivity index (χ3v) is 7.03. The Labute approximate surface area is 218 Å². The van der Waals surface area contributed by atoms with E-state index in [1.165, 1.54) is 11.8 Å². The second-order valence-corrected chi connectivity index (χ2v) is 9.99. The Morgan fingerprint density at radius 1 is 0.971 bits per heavy atom. The highest BCUT2D eigenvalue weighted by atomic mass is 35.5. The van der Waals surface area contributed by atoms with Crippen LogP contribution in [0.4, 0.5) is 0 Å². The molecule has 6 heteroatoms. The summed E-state index contributed by atoms with van der Waals surface area (Å²) in [6.45, 7) is 5.03. The summed E-state index contributed by atoms with van der Waals surface area (Å²) in [6, 6.07) is 25.0. The van der Waals surface area contributed by atoms with Gasteiger partial charge >= 0.3 is 0 Å². The summed E-state index contributed by atoms with van der Waals surface area (Å²) in [7, 11) is 0. The molecule has 2 amide bonds. The zero-order valence-corrected chi connectivity index (χ0v) is 21.9. The van der Waals surface area contributed by atoms with Gasteiger partial charge in [-0.25, -0.2) is 0 Å². The minimum absolute atomic E-state index is 0.0483. The average molecular weight is 509 g/mol. The van der Waals surface area contributed by atoms with Gasteiger partial charge in [-0.3, -0.25) is 9.59 Å². The topological polar surface area (TPSA) is 49.4 Å². The largest absolute Gasteiger partial charge is 0.354 e. The molecule has 3 aromatic rings. The minimum atomic E-state index is -0.595. The molecule has 35 heavy (non-hydrogen) atoms. The van der Waals surface area contributed by atoms with Crippen LogP contribution < -0.4 is 5.32 Å². The van der Waals surface area contributed by atoms with Crippen LogP contribution in [0.2, 0.25) is 5.02 Å². The van der Waals surface area contributed by atoms with Gasteiger partial charge in [0, 0.05) is 30.3 Å². The third-order valence-electron chi connectivity index (χ3n) is 5.81. The zero-order chi connectivity index (χ0) is 25.0. The van der Waals surface area contributed by atoms with Gasteiger partial charge in [-0.1, -0.05) is 85.3 Å². The van der Waals surface area contributed by atoms with Crippen LogP contribution in [0.25, 0.3) is 0 Å². The van der Waals surface area contributed by atoms with Crippen molar-refractivity contribution in [3.05, 3.63) is 106 Å². The van der Waals surface area contributed by atoms with Crippen molar-refractivity contribution in [1.29, 1.82) is 0 Å². The predicted octanol–water partition coefficient (Wildman–Crippen LogP) is 6.05. The Hall–Kier alpha value is -2.76. The second-order valence-electron chi connectivity index (χ2n) is 8.57. The Kier molecular flexibility index (Phi) is 10.7. The number of nitrogens with zero attached hydrogens (tertiary/aromatic N) is 1. The lowest BCUT2D eigenvalue weighted by Crippen LogP contribution is -2.51. The van der Waals surface area contributed by atoms with Crippen LogP contribution in [0.1, 0.15) is 35.6 Å². The Balaban J connectivity index is 1.84. The molecule has 0 spiro atoms. The quantitative estimate of drug-likeness (QED) is 0.324. The van der Waals surface area contributed by atoms with Crippen LogP contribution in [0.15, 0.2) is 78.9 Å². The van der Waals surface area contributed by atoms with E-state index < -0.39 is 6.04 Å². The molecule has 0 aliphatic carbocycles. The van der Waals surface area contributed by atoms with Crippen LogP contribution in [0.3, 0.4) is 0 Å². The third kappa shape index (κ3) is 8.44. The van der Waals surface area contributed by atoms with Crippen LogP contribution in [0, 0.1) is 6.92 Å². The Morgan fingerprint density at radius 2 is 1.69 bits per heavy atom. The summed E-state index contributed by atoms with van der Waals surface area (Å²) in [5, 5.41) is 3.71. The number of hydrogen-bond donors (Lipinski definition) is 1. The van der Waals surface area contributed by atoms with Crippen molar-refractivity contribution in [2.45, 2.75) is 45.0 Å². The van der Waals surface area contributed by atoms with Gasteiger partial charge < -0.3 is 10.2 Å². The minimum Gasteiger partial charge on any atom is -0.354 e. The fourth-order valence-corrected chi connectivity index (χ4v) is 4.93. The summed E-state index contributed by atoms with van der Waals surface area (Å²) < 4.78 is 0. The van der Waals surface area contributed by atoms with E-state index in [9.17, 15) is 9.59 Å². The van der Waals surface area contributed by atoms with Crippen molar-refractivity contribution in [2.75, 3.05) is 12.3 Å². The molecule has 3 aromatic carbocycles. The van der Waals surface area contributed by atoms with E-state index in [0.717, 1.165) is 28.7 Å². The number of hydrogen-bond acceptors (Lipinski definition) is 3. The van der Waals surface area contributed by atoms with Crippen LogP contribution in [0.5, 0.6) is 0 Å². The van der Waals surface area contributed by atoms with Crippen molar-refractivity contribution in [3.8, 4) is 0 Å². The fraction of sp³-hybridized carbons (Fsp3) is 0.310. The normalized spacial score (nSPS) is 11.6. The lowest BCUT2D eigenvalue weighted by Gasteiger charge is -2.32. The van der Waals surface area contributed by atoms with Crippen molar-refractivity contribution >= 4 is 35.2 Å². The van der Waals surface area contributed by atoms with Gasteiger partial charge in [0.05, 0.1) is 5.75 Å². The van der Waals surface area contributed by atoms with Gasteiger partial charge in [-0.2, -0.15) is 0 Å². The van der Waals surface area contributed by atoms with Gasteiger partial charge in [0.1, 0.15) is 6.04 Å². The average Bonchev–Trinajstić information content (AvgIpc) is 2.86. The Morgan fingerprint density at radius 3 is 2.40 bits per heavy atom. The number of halogens is 1. The maximum atomic E-state index is 13.6. The van der Waals surface area contributed by atoms with E-state index in [4.69, 9.17) is 11.6 Å². The number of benzene rings is 3. The lowest BCUT2D eigenvalue weighted by molar-refractivity contribution is -0.139. The molecule has 0 radical (unpaired) electrons. The van der Waals surface area contributed by atoms with E-state index >= 15 is 0 Å². The van der Waals surface area contributed by atoms with Crippen LogP contribution in [-0.2, 0) is 28.3 Å². The van der Waals surface area contributed by atoms with Gasteiger partial charge in [0.15, 0.2) is 0 Å². The molecule has 0 bridgehead atoms. The first kappa shape index (κ1) is 26.8. The predicted molar refractivity (Wildman–Crippen MR) is 147 cm³/mol. The van der Waals surface area contributed by atoms with Gasteiger partial charge in [-0.15, -0.1) is 11.8 Å². The van der Waals surface area contributed by atoms with Crippen molar-refractivity contribution in [3.63, 3.8) is 0 Å². The highest BCUT2D eigenvalue weighted by Crippen LogP contribution is 2.21. The highest BCUT2D eigenvalue weighted by Gasteiger charge is 2.30. The first-order valence-electron chi connectivity index (χ1n) is 12.0. The van der Waals surface area contributed by atoms with Gasteiger partial charge in [0.2, 0.25) is 11.8 Å². The monoisotopic (exact) mass is 508 g/mol. The van der Waals surface area contributed by atoms with Crippen molar-refractivity contribution in [2.24, 2.45) is 0 Å². The molecule has 0 aliphatic rings. The molecule has 0 fully saturated rings. The molecule has 0 aliphatic heterocycles. The summed E-state index contributed by atoms with van der Waals surface area (Å²) in [4.78, 5) is 28.7. The fourth-order valence-electron chi connectivity index (χ4n) is 3.86. The molecule has 0 heterocycles. The maximum Gasteiger partial charge on any atom is 0.243 e. The van der Waals surface area contributed by atoms with Crippen molar-refractivity contribution < 1.29 is 9.59 Å². The number of nitrogens with one attached hydrogen (secondary N) is 1. The summed E-state index contributed by atoms with van der Waals surface area (Å²) in [5.41, 5.74) is 4.24. The number of aryl methyl sites for hydroxylation is 1. The smallest absolute Gasteiger partial charge is 0.243 e. The SMILES string of the molecule is CCCNC(=O)[C@@H](Cc1ccccc1)N(Cc1ccccc1C)C(=O)CSCc1cccc(Cl)c1. The number of carbonyl (C=O) groups is 2. The van der Waals surface area contributed by atoms with E-state index in [0.29, 0.717) is 30.3 Å². The van der Waals surface area contributed by atoms with E-state index in [-0.39, 0.29) is 17.6 Å². The second kappa shape index (κ2) is 14.0. The number of carbonyl (C=O) groups excluding carboxylic acids is 2. The Bertz CT molecular complexity index is 1110. The van der Waals surface area contributed by atoms with Gasteiger partial charge in [0.25, 0.3) is 0 Å². The highest BCUT2D eigenvalue weighted by molar-refractivity contribution is 7.99. The zero-order valence-electron chi connectivity index (χ0n) is 20.4. The first-order valence-corrected chi connectivity index (χ1v) is 13.5. The van der Waals surface area contributed by atoms with Crippen molar-refractivity contribution in [1.82, 2.24) is 10.2 Å². The lowest BCUT2D eigenvalue weighted by atomic mass is 10.0. The molecule has 0 aromatic heterocycles. The van der Waals surface area contributed by atoms with E-state index in [1.807, 2.05) is 92.7 Å². The van der Waals surface area contributed by atoms with E-state index in [2.05, 4.69) is 5.32 Å².